The van der Waals surface area contributed by atoms with Crippen molar-refractivity contribution in [3.05, 3.63) is 29.8 Å². The van der Waals surface area contributed by atoms with E-state index in [1.54, 1.807) is 0 Å². The minimum absolute atomic E-state index is 0.254. The van der Waals surface area contributed by atoms with E-state index in [0.29, 0.717) is 0 Å². The maximum Gasteiger partial charge on any atom is 0.238 e. The molecule has 0 bridgehead atoms. The molecule has 0 N–H and O–H groups in total. The van der Waals surface area contributed by atoms with Crippen LogP contribution in [0.5, 0.6) is 0 Å². The van der Waals surface area contributed by atoms with Crippen molar-refractivity contribution >= 4 is 11.6 Å². The number of anilines is 1. The maximum atomic E-state index is 12.9. The van der Waals surface area contributed by atoms with E-state index in [1.807, 2.05) is 31.0 Å². The number of hydrogen-bond acceptors (Lipinski definition) is 3. The van der Waals surface area contributed by atoms with Gasteiger partial charge in [-0.15, -0.1) is 0 Å². The Morgan fingerprint density at radius 2 is 2.14 bits per heavy atom. The van der Waals surface area contributed by atoms with Crippen LogP contribution in [0.15, 0.2) is 24.3 Å². The van der Waals surface area contributed by atoms with Gasteiger partial charge in [-0.2, -0.15) is 0 Å². The minimum atomic E-state index is -0.337. The number of carbonyl (C=O) groups is 1. The van der Waals surface area contributed by atoms with E-state index in [4.69, 9.17) is 4.74 Å². The molecule has 1 unspecified atom stereocenters. The number of carbonyl (C=O) groups excluding carboxylic acids is 1. The van der Waals surface area contributed by atoms with E-state index < -0.39 is 0 Å². The second-order valence-electron chi connectivity index (χ2n) is 6.04. The van der Waals surface area contributed by atoms with E-state index >= 15 is 0 Å². The fraction of sp³-hybridized carbons (Fsp3) is 0.588. The molecule has 1 spiro atoms. The molecule has 2 heterocycles. The molecule has 0 radical (unpaired) electrons. The monoisotopic (exact) mass is 288 g/mol. The first-order valence-electron chi connectivity index (χ1n) is 7.87. The summed E-state index contributed by atoms with van der Waals surface area (Å²) in [7, 11) is 1.90. The van der Waals surface area contributed by atoms with Crippen molar-refractivity contribution in [2.45, 2.75) is 25.2 Å². The highest BCUT2D eigenvalue weighted by Gasteiger charge is 2.51. The van der Waals surface area contributed by atoms with Gasteiger partial charge in [-0.25, -0.2) is 0 Å². The van der Waals surface area contributed by atoms with Crippen molar-refractivity contribution in [1.29, 1.82) is 0 Å². The predicted octanol–water partition coefficient (Wildman–Crippen LogP) is 2.03. The fourth-order valence-electron chi connectivity index (χ4n) is 3.78. The molecule has 3 rings (SSSR count). The fourth-order valence-corrected chi connectivity index (χ4v) is 3.78. The summed E-state index contributed by atoms with van der Waals surface area (Å²) in [5.74, 6) is 0.254. The molecule has 1 amide bonds. The molecule has 4 heteroatoms. The van der Waals surface area contributed by atoms with Crippen LogP contribution in [-0.2, 0) is 14.9 Å². The lowest BCUT2D eigenvalue weighted by Crippen LogP contribution is -2.52. The summed E-state index contributed by atoms with van der Waals surface area (Å²) in [6.45, 7) is 6.31. The zero-order valence-electron chi connectivity index (χ0n) is 13.0. The van der Waals surface area contributed by atoms with Gasteiger partial charge in [-0.1, -0.05) is 18.2 Å². The molecule has 1 saturated heterocycles. The maximum absolute atomic E-state index is 12.9. The molecule has 2 aliphatic heterocycles. The molecule has 0 aromatic heterocycles. The normalized spacial score (nSPS) is 25.6. The molecule has 1 atom stereocenters. The number of benzene rings is 1. The topological polar surface area (TPSA) is 32.8 Å². The van der Waals surface area contributed by atoms with Gasteiger partial charge in [0.1, 0.15) is 0 Å². The summed E-state index contributed by atoms with van der Waals surface area (Å²) < 4.78 is 5.47. The number of piperidine rings is 1. The molecular formula is C17H24N2O2. The summed E-state index contributed by atoms with van der Waals surface area (Å²) in [6, 6.07) is 8.24. The predicted molar refractivity (Wildman–Crippen MR) is 83.7 cm³/mol. The van der Waals surface area contributed by atoms with Gasteiger partial charge in [0.15, 0.2) is 0 Å². The van der Waals surface area contributed by atoms with Gasteiger partial charge in [-0.05, 0) is 37.9 Å². The number of fused-ring (bicyclic) bond motifs is 2. The Balaban J connectivity index is 1.84. The second-order valence-corrected chi connectivity index (χ2v) is 6.04. The van der Waals surface area contributed by atoms with E-state index in [2.05, 4.69) is 17.0 Å². The third-order valence-electron chi connectivity index (χ3n) is 4.82. The molecule has 1 aromatic rings. The molecule has 21 heavy (non-hydrogen) atoms. The number of nitrogens with zero attached hydrogens (tertiary/aromatic N) is 2. The molecule has 1 aromatic carbocycles. The third kappa shape index (κ3) is 2.36. The van der Waals surface area contributed by atoms with E-state index in [1.165, 1.54) is 5.56 Å². The zero-order valence-corrected chi connectivity index (χ0v) is 13.0. The Hall–Kier alpha value is -1.39. The highest BCUT2D eigenvalue weighted by atomic mass is 16.5. The van der Waals surface area contributed by atoms with Crippen LogP contribution in [0.2, 0.25) is 0 Å². The van der Waals surface area contributed by atoms with Gasteiger partial charge < -0.3 is 9.64 Å². The van der Waals surface area contributed by atoms with Crippen LogP contribution in [-0.4, -0.2) is 50.7 Å². The molecule has 4 nitrogen and oxygen atoms in total. The van der Waals surface area contributed by atoms with Gasteiger partial charge in [-0.3, -0.25) is 9.69 Å². The average molecular weight is 288 g/mol. The first kappa shape index (κ1) is 14.5. The summed E-state index contributed by atoms with van der Waals surface area (Å²) >= 11 is 0. The molecule has 0 saturated carbocycles. The van der Waals surface area contributed by atoms with Crippen molar-refractivity contribution in [2.24, 2.45) is 0 Å². The van der Waals surface area contributed by atoms with E-state index in [9.17, 15) is 4.79 Å². The van der Waals surface area contributed by atoms with Crippen LogP contribution in [0.4, 0.5) is 5.69 Å². The van der Waals surface area contributed by atoms with Crippen molar-refractivity contribution in [3.63, 3.8) is 0 Å². The summed E-state index contributed by atoms with van der Waals surface area (Å²) in [4.78, 5) is 17.1. The molecular weight excluding hydrogens is 264 g/mol. The van der Waals surface area contributed by atoms with Gasteiger partial charge in [0, 0.05) is 32.4 Å². The number of likely N-dealkylation sites (tertiary alicyclic amines) is 1. The number of hydrogen-bond donors (Lipinski definition) is 0. The first-order chi connectivity index (χ1) is 10.2. The lowest BCUT2D eigenvalue weighted by Gasteiger charge is -2.39. The Bertz CT molecular complexity index is 531. The first-order valence-corrected chi connectivity index (χ1v) is 7.87. The van der Waals surface area contributed by atoms with Crippen LogP contribution in [0.1, 0.15) is 25.3 Å². The SMILES string of the molecule is CCOCCN1CCCC2(C1)C(=O)N(C)c1ccccc12. The standard InChI is InChI=1S/C17H24N2O2/c1-3-21-12-11-19-10-6-9-17(13-19)14-7-4-5-8-15(14)18(2)16(17)20/h4-5,7-8H,3,6,9-13H2,1-2H3. The van der Waals surface area contributed by atoms with Crippen molar-refractivity contribution in [1.82, 2.24) is 4.90 Å². The minimum Gasteiger partial charge on any atom is -0.380 e. The lowest BCUT2D eigenvalue weighted by molar-refractivity contribution is -0.125. The Morgan fingerprint density at radius 1 is 1.33 bits per heavy atom. The number of para-hydroxylation sites is 1. The van der Waals surface area contributed by atoms with Crippen molar-refractivity contribution in [3.8, 4) is 0 Å². The lowest BCUT2D eigenvalue weighted by atomic mass is 9.75. The van der Waals surface area contributed by atoms with E-state index in [-0.39, 0.29) is 11.3 Å². The van der Waals surface area contributed by atoms with Crippen LogP contribution in [0.25, 0.3) is 0 Å². The second kappa shape index (κ2) is 5.78. The van der Waals surface area contributed by atoms with Gasteiger partial charge in [0.2, 0.25) is 5.91 Å². The van der Waals surface area contributed by atoms with E-state index in [0.717, 1.165) is 51.4 Å². The van der Waals surface area contributed by atoms with Gasteiger partial charge in [0.05, 0.1) is 12.0 Å². The van der Waals surface area contributed by atoms with Crippen LogP contribution >= 0.6 is 0 Å². The Morgan fingerprint density at radius 3 is 2.95 bits per heavy atom. The number of amides is 1. The molecule has 1 fully saturated rings. The Kier molecular flexibility index (Phi) is 4.00. The third-order valence-corrected chi connectivity index (χ3v) is 4.82. The van der Waals surface area contributed by atoms with Crippen LogP contribution in [0, 0.1) is 0 Å². The highest BCUT2D eigenvalue weighted by molar-refractivity contribution is 6.08. The number of rotatable bonds is 4. The Labute approximate surface area is 126 Å². The number of ether oxygens (including phenoxy) is 1. The molecule has 2 aliphatic rings. The highest BCUT2D eigenvalue weighted by Crippen LogP contribution is 2.45. The summed E-state index contributed by atoms with van der Waals surface area (Å²) in [5, 5.41) is 0. The average Bonchev–Trinajstić information content (AvgIpc) is 2.71. The number of likely N-dealkylation sites (N-methyl/N-ethyl adjacent to an activating group) is 1. The molecule has 114 valence electrons. The van der Waals surface area contributed by atoms with Gasteiger partial charge >= 0.3 is 0 Å². The van der Waals surface area contributed by atoms with Crippen LogP contribution in [0.3, 0.4) is 0 Å². The van der Waals surface area contributed by atoms with Crippen LogP contribution < -0.4 is 4.90 Å². The summed E-state index contributed by atoms with van der Waals surface area (Å²) in [6.07, 6.45) is 2.03. The largest absolute Gasteiger partial charge is 0.380 e. The zero-order chi connectivity index (χ0) is 14.9. The van der Waals surface area contributed by atoms with Crippen molar-refractivity contribution < 1.29 is 9.53 Å². The van der Waals surface area contributed by atoms with Crippen molar-refractivity contribution in [2.75, 3.05) is 44.8 Å². The van der Waals surface area contributed by atoms with Gasteiger partial charge in [0.25, 0.3) is 0 Å². The summed E-state index contributed by atoms with van der Waals surface area (Å²) in [5.41, 5.74) is 1.95. The molecule has 0 aliphatic carbocycles. The smallest absolute Gasteiger partial charge is 0.238 e. The quantitative estimate of drug-likeness (QED) is 0.795.